The molecule has 0 saturated carbocycles. The molecule has 2 N–H and O–H groups in total. The molecule has 0 amide bonds. The first-order chi connectivity index (χ1) is 14.5. The third kappa shape index (κ3) is 6.70. The highest BCUT2D eigenvalue weighted by Crippen LogP contribution is 2.31. The van der Waals surface area contributed by atoms with Gasteiger partial charge in [-0.3, -0.25) is 9.89 Å². The molecular weight excluding hydrogens is 392 g/mol. The van der Waals surface area contributed by atoms with Crippen molar-refractivity contribution in [3.05, 3.63) is 24.3 Å². The highest BCUT2D eigenvalue weighted by molar-refractivity contribution is 5.80. The van der Waals surface area contributed by atoms with Gasteiger partial charge in [0.1, 0.15) is 5.75 Å². The lowest BCUT2D eigenvalue weighted by atomic mass is 10.1. The van der Waals surface area contributed by atoms with E-state index in [1.165, 1.54) is 0 Å². The normalized spacial score (nSPS) is 21.7. The molecule has 1 aromatic rings. The first-order valence-corrected chi connectivity index (χ1v) is 10.6. The molecule has 0 bridgehead atoms. The summed E-state index contributed by atoms with van der Waals surface area (Å²) < 4.78 is 35.5. The zero-order valence-electron chi connectivity index (χ0n) is 17.8. The van der Waals surface area contributed by atoms with Crippen LogP contribution in [0, 0.1) is 5.92 Å². The number of guanidine groups is 1. The minimum atomic E-state index is -2.83. The van der Waals surface area contributed by atoms with E-state index in [9.17, 15) is 8.78 Å². The molecule has 2 aliphatic rings. The minimum Gasteiger partial charge on any atom is -0.433 e. The number of hydrogen-bond donors (Lipinski definition) is 2. The average molecular weight is 426 g/mol. The van der Waals surface area contributed by atoms with E-state index in [-0.39, 0.29) is 11.8 Å². The number of nitrogens with one attached hydrogen (secondary N) is 2. The zero-order chi connectivity index (χ0) is 21.3. The SMILES string of the molecule is CN=C(NCC(C)CN1CCOCC1)NC1CCN(c2ccccc2OC(F)F)C1. The molecule has 2 aliphatic heterocycles. The monoisotopic (exact) mass is 425 g/mol. The molecule has 1 aromatic carbocycles. The van der Waals surface area contributed by atoms with E-state index in [1.807, 2.05) is 12.1 Å². The number of para-hydroxylation sites is 2. The number of alkyl halides is 2. The Morgan fingerprint density at radius 2 is 2.03 bits per heavy atom. The maximum Gasteiger partial charge on any atom is 0.387 e. The molecule has 2 fully saturated rings. The van der Waals surface area contributed by atoms with E-state index < -0.39 is 6.61 Å². The molecule has 9 heteroatoms. The lowest BCUT2D eigenvalue weighted by Crippen LogP contribution is -2.47. The second-order valence-electron chi connectivity index (χ2n) is 7.89. The topological polar surface area (TPSA) is 61.4 Å². The van der Waals surface area contributed by atoms with Crippen molar-refractivity contribution in [2.75, 3.05) is 64.4 Å². The van der Waals surface area contributed by atoms with Gasteiger partial charge in [-0.05, 0) is 24.5 Å². The van der Waals surface area contributed by atoms with Crippen LogP contribution in [-0.4, -0.2) is 83.0 Å². The van der Waals surface area contributed by atoms with Gasteiger partial charge in [0.25, 0.3) is 0 Å². The first-order valence-electron chi connectivity index (χ1n) is 10.6. The molecule has 30 heavy (non-hydrogen) atoms. The maximum absolute atomic E-state index is 12.7. The van der Waals surface area contributed by atoms with Crippen LogP contribution in [0.3, 0.4) is 0 Å². The van der Waals surface area contributed by atoms with Crippen molar-refractivity contribution in [3.8, 4) is 5.75 Å². The predicted molar refractivity (Wildman–Crippen MR) is 115 cm³/mol. The number of rotatable bonds is 8. The Balaban J connectivity index is 1.46. The van der Waals surface area contributed by atoms with Gasteiger partial charge in [0.2, 0.25) is 0 Å². The van der Waals surface area contributed by atoms with E-state index in [0.29, 0.717) is 18.2 Å². The van der Waals surface area contributed by atoms with Crippen molar-refractivity contribution in [2.45, 2.75) is 26.0 Å². The molecule has 3 rings (SSSR count). The van der Waals surface area contributed by atoms with Crippen LogP contribution in [0.25, 0.3) is 0 Å². The first kappa shape index (κ1) is 22.6. The van der Waals surface area contributed by atoms with Gasteiger partial charge in [-0.1, -0.05) is 19.1 Å². The molecular formula is C21H33F2N5O2. The van der Waals surface area contributed by atoms with Gasteiger partial charge in [0.15, 0.2) is 5.96 Å². The molecule has 0 aliphatic carbocycles. The Bertz CT molecular complexity index is 685. The Morgan fingerprint density at radius 1 is 1.27 bits per heavy atom. The van der Waals surface area contributed by atoms with Crippen molar-refractivity contribution >= 4 is 11.6 Å². The average Bonchev–Trinajstić information content (AvgIpc) is 3.20. The standard InChI is InChI=1S/C21H33F2N5O2/c1-16(14-27-9-11-29-12-10-27)13-25-21(24-2)26-17-7-8-28(15-17)18-5-3-4-6-19(18)30-20(22)23/h3-6,16-17,20H,7-15H2,1-2H3,(H2,24,25,26). The maximum atomic E-state index is 12.7. The fraction of sp³-hybridized carbons (Fsp3) is 0.667. The van der Waals surface area contributed by atoms with Crippen LogP contribution in [0.1, 0.15) is 13.3 Å². The molecule has 0 radical (unpaired) electrons. The Labute approximate surface area is 177 Å². The van der Waals surface area contributed by atoms with Crippen molar-refractivity contribution < 1.29 is 18.3 Å². The molecule has 7 nitrogen and oxygen atoms in total. The summed E-state index contributed by atoms with van der Waals surface area (Å²) in [4.78, 5) is 8.85. The molecule has 2 unspecified atom stereocenters. The van der Waals surface area contributed by atoms with Gasteiger partial charge in [0, 0.05) is 52.4 Å². The summed E-state index contributed by atoms with van der Waals surface area (Å²) >= 11 is 0. The third-order valence-electron chi connectivity index (χ3n) is 5.47. The van der Waals surface area contributed by atoms with Crippen LogP contribution in [0.15, 0.2) is 29.3 Å². The number of nitrogens with zero attached hydrogens (tertiary/aromatic N) is 3. The number of halogens is 2. The van der Waals surface area contributed by atoms with Crippen molar-refractivity contribution in [1.29, 1.82) is 0 Å². The fourth-order valence-corrected chi connectivity index (χ4v) is 3.96. The zero-order valence-corrected chi connectivity index (χ0v) is 17.8. The van der Waals surface area contributed by atoms with Gasteiger partial charge in [-0.15, -0.1) is 0 Å². The Hall–Kier alpha value is -2.13. The number of anilines is 1. The smallest absolute Gasteiger partial charge is 0.387 e. The summed E-state index contributed by atoms with van der Waals surface area (Å²) in [7, 11) is 1.76. The summed E-state index contributed by atoms with van der Waals surface area (Å²) in [5, 5.41) is 6.88. The van der Waals surface area contributed by atoms with E-state index in [4.69, 9.17) is 4.74 Å². The second-order valence-corrected chi connectivity index (χ2v) is 7.89. The van der Waals surface area contributed by atoms with Gasteiger partial charge in [0.05, 0.1) is 18.9 Å². The number of ether oxygens (including phenoxy) is 2. The Morgan fingerprint density at radius 3 is 2.77 bits per heavy atom. The molecule has 2 saturated heterocycles. The van der Waals surface area contributed by atoms with Crippen molar-refractivity contribution in [3.63, 3.8) is 0 Å². The summed E-state index contributed by atoms with van der Waals surface area (Å²) in [6, 6.07) is 7.13. The van der Waals surface area contributed by atoms with Gasteiger partial charge in [-0.2, -0.15) is 8.78 Å². The molecule has 2 heterocycles. The fourth-order valence-electron chi connectivity index (χ4n) is 3.96. The van der Waals surface area contributed by atoms with Crippen LogP contribution in [0.5, 0.6) is 5.75 Å². The highest BCUT2D eigenvalue weighted by Gasteiger charge is 2.26. The molecule has 0 spiro atoms. The summed E-state index contributed by atoms with van der Waals surface area (Å²) in [5.41, 5.74) is 0.698. The van der Waals surface area contributed by atoms with Crippen LogP contribution in [0.4, 0.5) is 14.5 Å². The summed E-state index contributed by atoms with van der Waals surface area (Å²) in [6.45, 7) is 6.35. The molecule has 2 atom stereocenters. The van der Waals surface area contributed by atoms with Gasteiger partial charge < -0.3 is 25.0 Å². The third-order valence-corrected chi connectivity index (χ3v) is 5.47. The van der Waals surface area contributed by atoms with E-state index in [1.54, 1.807) is 19.2 Å². The lowest BCUT2D eigenvalue weighted by molar-refractivity contribution is -0.0495. The van der Waals surface area contributed by atoms with Crippen molar-refractivity contribution in [1.82, 2.24) is 15.5 Å². The van der Waals surface area contributed by atoms with Crippen LogP contribution < -0.4 is 20.3 Å². The number of morpholine rings is 1. The minimum absolute atomic E-state index is 0.186. The Kier molecular flexibility index (Phi) is 8.50. The van der Waals surface area contributed by atoms with Gasteiger partial charge >= 0.3 is 6.61 Å². The van der Waals surface area contributed by atoms with E-state index in [0.717, 1.165) is 58.3 Å². The second kappa shape index (κ2) is 11.3. The quantitative estimate of drug-likeness (QED) is 0.491. The molecule has 168 valence electrons. The highest BCUT2D eigenvalue weighted by atomic mass is 19.3. The van der Waals surface area contributed by atoms with Crippen molar-refractivity contribution in [2.24, 2.45) is 10.9 Å². The largest absolute Gasteiger partial charge is 0.433 e. The van der Waals surface area contributed by atoms with Gasteiger partial charge in [-0.25, -0.2) is 0 Å². The summed E-state index contributed by atoms with van der Waals surface area (Å²) in [5.74, 6) is 1.47. The van der Waals surface area contributed by atoms with Crippen LogP contribution in [-0.2, 0) is 4.74 Å². The van der Waals surface area contributed by atoms with E-state index in [2.05, 4.69) is 37.1 Å². The van der Waals surface area contributed by atoms with Crippen LogP contribution >= 0.6 is 0 Å². The van der Waals surface area contributed by atoms with Crippen LogP contribution in [0.2, 0.25) is 0 Å². The predicted octanol–water partition coefficient (Wildman–Crippen LogP) is 2.00. The molecule has 0 aromatic heterocycles. The number of hydrogen-bond acceptors (Lipinski definition) is 5. The number of aliphatic imine (C=N–C) groups is 1. The summed E-state index contributed by atoms with van der Waals surface area (Å²) in [6.07, 6.45) is 0.896. The van der Waals surface area contributed by atoms with E-state index >= 15 is 0 Å². The number of benzene rings is 1. The lowest BCUT2D eigenvalue weighted by Gasteiger charge is -2.29.